The van der Waals surface area contributed by atoms with Gasteiger partial charge in [0.05, 0.1) is 29.5 Å². The van der Waals surface area contributed by atoms with Gasteiger partial charge in [0, 0.05) is 25.9 Å². The molecule has 2 aromatic carbocycles. The summed E-state index contributed by atoms with van der Waals surface area (Å²) in [5.41, 5.74) is 1.28. The van der Waals surface area contributed by atoms with Gasteiger partial charge in [-0.05, 0) is 24.3 Å². The molecule has 1 saturated heterocycles. The first-order chi connectivity index (χ1) is 14.1. The van der Waals surface area contributed by atoms with E-state index in [0.717, 1.165) is 23.1 Å². The van der Waals surface area contributed by atoms with Crippen LogP contribution >= 0.6 is 22.9 Å². The van der Waals surface area contributed by atoms with Crippen molar-refractivity contribution in [1.29, 1.82) is 0 Å². The van der Waals surface area contributed by atoms with Gasteiger partial charge >= 0.3 is 0 Å². The number of carbonyl (C=O) groups excluding carboxylic acids is 1. The van der Waals surface area contributed by atoms with Crippen molar-refractivity contribution in [3.8, 4) is 16.7 Å². The largest absolute Gasteiger partial charge is 0.493 e. The van der Waals surface area contributed by atoms with Crippen LogP contribution in [0.1, 0.15) is 23.2 Å². The van der Waals surface area contributed by atoms with Crippen molar-refractivity contribution >= 4 is 39.1 Å². The SMILES string of the molecule is COc1cccc(C(=O)N2CCC(Oc3nc4c(Cl)cccc4s3)CC2)c1OC. The number of benzene rings is 2. The number of piperidine rings is 1. The first-order valence-corrected chi connectivity index (χ1v) is 10.5. The van der Waals surface area contributed by atoms with Crippen molar-refractivity contribution in [2.45, 2.75) is 18.9 Å². The van der Waals surface area contributed by atoms with Crippen LogP contribution in [0.5, 0.6) is 16.7 Å². The Bertz CT molecular complexity index is 1030. The van der Waals surface area contributed by atoms with Crippen LogP contribution in [0.25, 0.3) is 10.2 Å². The van der Waals surface area contributed by atoms with Crippen molar-refractivity contribution in [3.63, 3.8) is 0 Å². The highest BCUT2D eigenvalue weighted by Gasteiger charge is 2.28. The Morgan fingerprint density at radius 2 is 1.90 bits per heavy atom. The predicted octanol–water partition coefficient (Wildman–Crippen LogP) is 4.65. The van der Waals surface area contributed by atoms with E-state index < -0.39 is 0 Å². The maximum atomic E-state index is 13.0. The van der Waals surface area contributed by atoms with Gasteiger partial charge in [-0.2, -0.15) is 0 Å². The second-order valence-corrected chi connectivity index (χ2v) is 8.12. The average Bonchev–Trinajstić information content (AvgIpc) is 3.17. The summed E-state index contributed by atoms with van der Waals surface area (Å²) in [6, 6.07) is 11.0. The second-order valence-electron chi connectivity index (χ2n) is 6.72. The van der Waals surface area contributed by atoms with Gasteiger partial charge in [0.25, 0.3) is 11.1 Å². The summed E-state index contributed by atoms with van der Waals surface area (Å²) >= 11 is 7.69. The lowest BCUT2D eigenvalue weighted by molar-refractivity contribution is 0.0592. The molecule has 1 amide bonds. The molecule has 0 N–H and O–H groups in total. The highest BCUT2D eigenvalue weighted by Crippen LogP contribution is 2.34. The number of fused-ring (bicyclic) bond motifs is 1. The standard InChI is InChI=1S/C21H21ClN2O4S/c1-26-16-7-3-5-14(19(16)27-2)20(25)24-11-9-13(10-12-24)28-21-23-18-15(22)6-4-8-17(18)29-21/h3-8,13H,9-12H2,1-2H3. The lowest BCUT2D eigenvalue weighted by atomic mass is 10.1. The predicted molar refractivity (Wildman–Crippen MR) is 114 cm³/mol. The quantitative estimate of drug-likeness (QED) is 0.587. The summed E-state index contributed by atoms with van der Waals surface area (Å²) in [5.74, 6) is 0.946. The van der Waals surface area contributed by atoms with E-state index in [9.17, 15) is 4.79 Å². The lowest BCUT2D eigenvalue weighted by Gasteiger charge is -2.32. The molecule has 8 heteroatoms. The minimum atomic E-state index is -0.0639. The average molecular weight is 433 g/mol. The van der Waals surface area contributed by atoms with Crippen LogP contribution in [0, 0.1) is 0 Å². The monoisotopic (exact) mass is 432 g/mol. The summed E-state index contributed by atoms with van der Waals surface area (Å²) in [5, 5.41) is 1.24. The molecule has 6 nitrogen and oxygen atoms in total. The summed E-state index contributed by atoms with van der Waals surface area (Å²) in [4.78, 5) is 19.3. The molecule has 0 bridgehead atoms. The molecule has 0 atom stereocenters. The number of para-hydroxylation sites is 2. The lowest BCUT2D eigenvalue weighted by Crippen LogP contribution is -2.41. The molecule has 0 aliphatic carbocycles. The Labute approximate surface area is 178 Å². The molecule has 0 unspecified atom stereocenters. The van der Waals surface area contributed by atoms with E-state index >= 15 is 0 Å². The van der Waals surface area contributed by atoms with Crippen LogP contribution in [0.4, 0.5) is 0 Å². The number of thiazole rings is 1. The zero-order valence-corrected chi connectivity index (χ0v) is 17.8. The van der Waals surface area contributed by atoms with E-state index in [2.05, 4.69) is 4.98 Å². The number of methoxy groups -OCH3 is 2. The molecular weight excluding hydrogens is 412 g/mol. The zero-order valence-electron chi connectivity index (χ0n) is 16.2. The summed E-state index contributed by atoms with van der Waals surface area (Å²) in [7, 11) is 3.10. The van der Waals surface area contributed by atoms with E-state index in [1.54, 1.807) is 32.4 Å². The highest BCUT2D eigenvalue weighted by molar-refractivity contribution is 7.20. The van der Waals surface area contributed by atoms with Gasteiger partial charge < -0.3 is 19.1 Å². The topological polar surface area (TPSA) is 60.9 Å². The Morgan fingerprint density at radius 3 is 2.59 bits per heavy atom. The maximum absolute atomic E-state index is 13.0. The van der Waals surface area contributed by atoms with Crippen molar-refractivity contribution in [1.82, 2.24) is 9.88 Å². The van der Waals surface area contributed by atoms with E-state index in [1.165, 1.54) is 11.3 Å². The van der Waals surface area contributed by atoms with Gasteiger partial charge in [-0.3, -0.25) is 4.79 Å². The molecule has 0 radical (unpaired) electrons. The number of nitrogens with zero attached hydrogens (tertiary/aromatic N) is 2. The van der Waals surface area contributed by atoms with Gasteiger partial charge in [-0.1, -0.05) is 35.1 Å². The number of rotatable bonds is 5. The van der Waals surface area contributed by atoms with Crippen LogP contribution in [0.2, 0.25) is 5.02 Å². The summed E-state index contributed by atoms with van der Waals surface area (Å²) in [6.45, 7) is 1.21. The fourth-order valence-corrected chi connectivity index (χ4v) is 4.67. The number of ether oxygens (including phenoxy) is 3. The minimum Gasteiger partial charge on any atom is -0.493 e. The molecule has 1 aliphatic heterocycles. The summed E-state index contributed by atoms with van der Waals surface area (Å²) in [6.07, 6.45) is 1.49. The molecule has 3 aromatic rings. The molecule has 152 valence electrons. The molecule has 0 saturated carbocycles. The molecule has 1 aliphatic rings. The normalized spacial score (nSPS) is 14.8. The van der Waals surface area contributed by atoms with Gasteiger partial charge in [-0.25, -0.2) is 4.98 Å². The number of aromatic nitrogens is 1. The molecule has 1 aromatic heterocycles. The van der Waals surface area contributed by atoms with E-state index in [-0.39, 0.29) is 12.0 Å². The van der Waals surface area contributed by atoms with Crippen LogP contribution in [-0.4, -0.2) is 49.2 Å². The van der Waals surface area contributed by atoms with Gasteiger partial charge in [0.1, 0.15) is 11.6 Å². The van der Waals surface area contributed by atoms with Crippen molar-refractivity contribution < 1.29 is 19.0 Å². The number of halogens is 1. The van der Waals surface area contributed by atoms with Crippen molar-refractivity contribution in [2.75, 3.05) is 27.3 Å². The number of hydrogen-bond donors (Lipinski definition) is 0. The van der Waals surface area contributed by atoms with E-state index in [0.29, 0.717) is 40.4 Å². The first-order valence-electron chi connectivity index (χ1n) is 9.32. The number of hydrogen-bond acceptors (Lipinski definition) is 6. The van der Waals surface area contributed by atoms with Crippen LogP contribution in [0.3, 0.4) is 0 Å². The van der Waals surface area contributed by atoms with Gasteiger partial charge in [0.15, 0.2) is 11.5 Å². The Hall–Kier alpha value is -2.51. The zero-order chi connectivity index (χ0) is 20.4. The minimum absolute atomic E-state index is 0.0191. The van der Waals surface area contributed by atoms with Crippen molar-refractivity contribution in [3.05, 3.63) is 47.0 Å². The molecule has 0 spiro atoms. The molecule has 29 heavy (non-hydrogen) atoms. The highest BCUT2D eigenvalue weighted by atomic mass is 35.5. The number of carbonyl (C=O) groups is 1. The smallest absolute Gasteiger partial charge is 0.274 e. The van der Waals surface area contributed by atoms with E-state index in [4.69, 9.17) is 25.8 Å². The third kappa shape index (κ3) is 3.97. The van der Waals surface area contributed by atoms with E-state index in [1.807, 2.05) is 23.1 Å². The third-order valence-electron chi connectivity index (χ3n) is 4.98. The molecular formula is C21H21ClN2O4S. The Kier molecular flexibility index (Phi) is 5.78. The molecule has 4 rings (SSSR count). The molecule has 2 heterocycles. The third-order valence-corrected chi connectivity index (χ3v) is 6.20. The Balaban J connectivity index is 1.41. The number of amides is 1. The fraction of sp³-hybridized carbons (Fsp3) is 0.333. The van der Waals surface area contributed by atoms with Crippen LogP contribution < -0.4 is 14.2 Å². The molecule has 1 fully saturated rings. The van der Waals surface area contributed by atoms with Crippen LogP contribution in [-0.2, 0) is 0 Å². The second kappa shape index (κ2) is 8.47. The summed E-state index contributed by atoms with van der Waals surface area (Å²) < 4.78 is 17.8. The first kappa shape index (κ1) is 19.8. The van der Waals surface area contributed by atoms with Crippen LogP contribution in [0.15, 0.2) is 36.4 Å². The maximum Gasteiger partial charge on any atom is 0.274 e. The Morgan fingerprint density at radius 1 is 1.14 bits per heavy atom. The number of likely N-dealkylation sites (tertiary alicyclic amines) is 1. The fourth-order valence-electron chi connectivity index (χ4n) is 3.49. The van der Waals surface area contributed by atoms with Gasteiger partial charge in [-0.15, -0.1) is 0 Å². The van der Waals surface area contributed by atoms with Crippen molar-refractivity contribution in [2.24, 2.45) is 0 Å². The van der Waals surface area contributed by atoms with Gasteiger partial charge in [0.2, 0.25) is 0 Å².